The largest absolute Gasteiger partial charge is 0.329 e. The summed E-state index contributed by atoms with van der Waals surface area (Å²) in [5.41, 5.74) is 10.8. The number of hydrogen-bond acceptors (Lipinski definition) is 4. The molecule has 1 atom stereocenters. The number of rotatable bonds is 3. The first-order valence-electron chi connectivity index (χ1n) is 6.04. The van der Waals surface area contributed by atoms with Gasteiger partial charge in [0.15, 0.2) is 5.82 Å². The second-order valence-electron chi connectivity index (χ2n) is 4.74. The van der Waals surface area contributed by atoms with Gasteiger partial charge in [0.2, 0.25) is 0 Å². The predicted molar refractivity (Wildman–Crippen MR) is 70.3 cm³/mol. The van der Waals surface area contributed by atoms with Crippen LogP contribution in [0.1, 0.15) is 34.0 Å². The number of aromatic nitrogens is 4. The van der Waals surface area contributed by atoms with Crippen molar-refractivity contribution >= 4 is 0 Å². The van der Waals surface area contributed by atoms with Gasteiger partial charge < -0.3 is 5.73 Å². The Labute approximate surface area is 107 Å². The molecule has 0 aliphatic heterocycles. The molecule has 0 aliphatic rings. The molecule has 0 fully saturated rings. The summed E-state index contributed by atoms with van der Waals surface area (Å²) in [6, 6.07) is 4.34. The molecule has 0 aliphatic carbocycles. The Morgan fingerprint density at radius 2 is 1.83 bits per heavy atom. The smallest absolute Gasteiger partial charge is 0.183 e. The Morgan fingerprint density at radius 1 is 1.22 bits per heavy atom. The monoisotopic (exact) mass is 245 g/mol. The first kappa shape index (κ1) is 12.7. The molecule has 96 valence electrons. The normalized spacial score (nSPS) is 12.7. The van der Waals surface area contributed by atoms with Crippen molar-refractivity contribution in [1.82, 2.24) is 20.2 Å². The molecule has 0 bridgehead atoms. The highest BCUT2D eigenvalue weighted by Gasteiger charge is 2.21. The van der Waals surface area contributed by atoms with Crippen LogP contribution in [0.4, 0.5) is 0 Å². The van der Waals surface area contributed by atoms with E-state index in [-0.39, 0.29) is 5.92 Å². The number of nitrogens with zero attached hydrogens (tertiary/aromatic N) is 4. The first-order chi connectivity index (χ1) is 8.52. The van der Waals surface area contributed by atoms with Gasteiger partial charge in [-0.3, -0.25) is 0 Å². The van der Waals surface area contributed by atoms with E-state index in [1.807, 2.05) is 0 Å². The standard InChI is InChI=1S/C13H19N5/c1-8-5-9(2)12(10(3)6-8)11(7-14)13-15-17-18(4)16-13/h5-6,11H,7,14H2,1-4H3. The van der Waals surface area contributed by atoms with Gasteiger partial charge in [-0.25, -0.2) is 0 Å². The fourth-order valence-electron chi connectivity index (χ4n) is 2.53. The Morgan fingerprint density at radius 3 is 2.28 bits per heavy atom. The number of benzene rings is 1. The maximum absolute atomic E-state index is 5.90. The second-order valence-corrected chi connectivity index (χ2v) is 4.74. The van der Waals surface area contributed by atoms with Crippen LogP contribution >= 0.6 is 0 Å². The van der Waals surface area contributed by atoms with Gasteiger partial charge in [-0.15, -0.1) is 10.2 Å². The summed E-state index contributed by atoms with van der Waals surface area (Å²) in [6.07, 6.45) is 0. The van der Waals surface area contributed by atoms with Crippen molar-refractivity contribution in [3.05, 3.63) is 40.2 Å². The fourth-order valence-corrected chi connectivity index (χ4v) is 2.53. The van der Waals surface area contributed by atoms with Crippen molar-refractivity contribution in [3.63, 3.8) is 0 Å². The third kappa shape index (κ3) is 2.26. The van der Waals surface area contributed by atoms with Crippen LogP contribution < -0.4 is 5.73 Å². The van der Waals surface area contributed by atoms with Crippen LogP contribution in [0.5, 0.6) is 0 Å². The van der Waals surface area contributed by atoms with Crippen molar-refractivity contribution in [2.24, 2.45) is 12.8 Å². The topological polar surface area (TPSA) is 69.6 Å². The molecule has 1 heterocycles. The summed E-state index contributed by atoms with van der Waals surface area (Å²) in [4.78, 5) is 1.47. The third-order valence-electron chi connectivity index (χ3n) is 3.16. The minimum atomic E-state index is 0.0132. The molecular weight excluding hydrogens is 226 g/mol. The number of hydrogen-bond donors (Lipinski definition) is 1. The average molecular weight is 245 g/mol. The van der Waals surface area contributed by atoms with Gasteiger partial charge in [-0.2, -0.15) is 4.80 Å². The highest BCUT2D eigenvalue weighted by atomic mass is 15.6. The van der Waals surface area contributed by atoms with E-state index in [1.165, 1.54) is 27.1 Å². The molecule has 1 unspecified atom stereocenters. The Hall–Kier alpha value is -1.75. The zero-order chi connectivity index (χ0) is 13.3. The van der Waals surface area contributed by atoms with E-state index >= 15 is 0 Å². The van der Waals surface area contributed by atoms with E-state index in [2.05, 4.69) is 48.3 Å². The maximum Gasteiger partial charge on any atom is 0.183 e. The van der Waals surface area contributed by atoms with Gasteiger partial charge in [0.25, 0.3) is 0 Å². The minimum absolute atomic E-state index is 0.0132. The molecule has 1 aromatic carbocycles. The first-order valence-corrected chi connectivity index (χ1v) is 6.04. The lowest BCUT2D eigenvalue weighted by Gasteiger charge is -2.17. The van der Waals surface area contributed by atoms with Crippen molar-refractivity contribution in [1.29, 1.82) is 0 Å². The van der Waals surface area contributed by atoms with E-state index in [1.54, 1.807) is 7.05 Å². The molecule has 18 heavy (non-hydrogen) atoms. The lowest BCUT2D eigenvalue weighted by Crippen LogP contribution is -2.18. The molecule has 0 spiro atoms. The lowest BCUT2D eigenvalue weighted by molar-refractivity contribution is 0.624. The molecular formula is C13H19N5. The van der Waals surface area contributed by atoms with Crippen LogP contribution in [0.25, 0.3) is 0 Å². The number of tetrazole rings is 1. The van der Waals surface area contributed by atoms with E-state index in [4.69, 9.17) is 5.73 Å². The molecule has 2 rings (SSSR count). The highest BCUT2D eigenvalue weighted by molar-refractivity contribution is 5.42. The Kier molecular flexibility index (Phi) is 3.43. The Bertz CT molecular complexity index is 535. The lowest BCUT2D eigenvalue weighted by atomic mass is 9.89. The van der Waals surface area contributed by atoms with Crippen molar-refractivity contribution in [3.8, 4) is 0 Å². The Balaban J connectivity index is 2.51. The van der Waals surface area contributed by atoms with Crippen LogP contribution in [0.3, 0.4) is 0 Å². The van der Waals surface area contributed by atoms with E-state index in [9.17, 15) is 0 Å². The molecule has 0 amide bonds. The summed E-state index contributed by atoms with van der Waals surface area (Å²) in [6.45, 7) is 6.79. The summed E-state index contributed by atoms with van der Waals surface area (Å²) in [7, 11) is 1.76. The van der Waals surface area contributed by atoms with Crippen LogP contribution in [-0.4, -0.2) is 26.8 Å². The summed E-state index contributed by atoms with van der Waals surface area (Å²) < 4.78 is 0. The van der Waals surface area contributed by atoms with Crippen LogP contribution in [0.2, 0.25) is 0 Å². The van der Waals surface area contributed by atoms with E-state index < -0.39 is 0 Å². The van der Waals surface area contributed by atoms with Gasteiger partial charge in [0.05, 0.1) is 13.0 Å². The molecule has 1 aromatic heterocycles. The van der Waals surface area contributed by atoms with Crippen molar-refractivity contribution in [2.45, 2.75) is 26.7 Å². The molecule has 0 radical (unpaired) electrons. The van der Waals surface area contributed by atoms with Gasteiger partial charge in [-0.1, -0.05) is 17.7 Å². The van der Waals surface area contributed by atoms with Crippen LogP contribution in [0.15, 0.2) is 12.1 Å². The summed E-state index contributed by atoms with van der Waals surface area (Å²) in [5.74, 6) is 0.703. The second kappa shape index (κ2) is 4.86. The quantitative estimate of drug-likeness (QED) is 0.883. The highest BCUT2D eigenvalue weighted by Crippen LogP contribution is 2.27. The zero-order valence-electron chi connectivity index (χ0n) is 11.3. The minimum Gasteiger partial charge on any atom is -0.329 e. The SMILES string of the molecule is Cc1cc(C)c(C(CN)c2nnn(C)n2)c(C)c1. The maximum atomic E-state index is 5.90. The van der Waals surface area contributed by atoms with Crippen LogP contribution in [0, 0.1) is 20.8 Å². The number of aryl methyl sites for hydroxylation is 4. The molecule has 0 saturated heterocycles. The van der Waals surface area contributed by atoms with Gasteiger partial charge in [0, 0.05) is 6.54 Å². The zero-order valence-corrected chi connectivity index (χ0v) is 11.3. The fraction of sp³-hybridized carbons (Fsp3) is 0.462. The molecule has 5 heteroatoms. The van der Waals surface area contributed by atoms with E-state index in [0.717, 1.165) is 0 Å². The van der Waals surface area contributed by atoms with Crippen molar-refractivity contribution in [2.75, 3.05) is 6.54 Å². The van der Waals surface area contributed by atoms with E-state index in [0.29, 0.717) is 12.4 Å². The number of nitrogens with two attached hydrogens (primary N) is 1. The summed E-state index contributed by atoms with van der Waals surface area (Å²) >= 11 is 0. The van der Waals surface area contributed by atoms with Crippen LogP contribution in [-0.2, 0) is 7.05 Å². The summed E-state index contributed by atoms with van der Waals surface area (Å²) in [5, 5.41) is 12.3. The van der Waals surface area contributed by atoms with Gasteiger partial charge >= 0.3 is 0 Å². The molecule has 0 saturated carbocycles. The van der Waals surface area contributed by atoms with Gasteiger partial charge in [-0.05, 0) is 42.7 Å². The van der Waals surface area contributed by atoms with Crippen molar-refractivity contribution < 1.29 is 0 Å². The average Bonchev–Trinajstić information content (AvgIpc) is 2.69. The molecule has 5 nitrogen and oxygen atoms in total. The molecule has 2 N–H and O–H groups in total. The van der Waals surface area contributed by atoms with Gasteiger partial charge in [0.1, 0.15) is 0 Å². The molecule has 2 aromatic rings. The third-order valence-corrected chi connectivity index (χ3v) is 3.16. The predicted octanol–water partition coefficient (Wildman–Crippen LogP) is 1.23.